The van der Waals surface area contributed by atoms with Crippen molar-refractivity contribution in [3.63, 3.8) is 0 Å². The largest absolute Gasteiger partial charge is 0.487 e. The third-order valence-electron chi connectivity index (χ3n) is 6.45. The molecule has 14 nitrogen and oxygen atoms in total. The van der Waals surface area contributed by atoms with E-state index in [1.807, 2.05) is 0 Å². The lowest BCUT2D eigenvalue weighted by Gasteiger charge is -2.35. The fourth-order valence-corrected chi connectivity index (χ4v) is 4.06. The molecule has 1 heterocycles. The number of carbonyl (C=O) groups excluding carboxylic acids is 4. The SMILES string of the molecule is COC(=O)[C@H](C)NC(=O)[C@](C)(Cc1ccc2c(c1)OCCOCCOCCOCCO2)NC(=O)C(C)(C)NC(=O)OC(C)(C)C. The number of hydrogen-bond acceptors (Lipinski definition) is 11. The molecule has 2 rings (SSSR count). The highest BCUT2D eigenvalue weighted by molar-refractivity contribution is 5.97. The summed E-state index contributed by atoms with van der Waals surface area (Å²) in [5.74, 6) is -1.10. The van der Waals surface area contributed by atoms with Crippen LogP contribution in [-0.2, 0) is 44.5 Å². The third-order valence-corrected chi connectivity index (χ3v) is 6.45. The third kappa shape index (κ3) is 13.1. The molecule has 0 bridgehead atoms. The predicted molar refractivity (Wildman–Crippen MR) is 163 cm³/mol. The van der Waals surface area contributed by atoms with Gasteiger partial charge < -0.3 is 49.1 Å². The van der Waals surface area contributed by atoms with Gasteiger partial charge in [-0.3, -0.25) is 9.59 Å². The zero-order chi connectivity index (χ0) is 33.7. The maximum atomic E-state index is 13.7. The van der Waals surface area contributed by atoms with E-state index in [0.717, 1.165) is 0 Å². The van der Waals surface area contributed by atoms with Crippen LogP contribution in [0.3, 0.4) is 0 Å². The van der Waals surface area contributed by atoms with Gasteiger partial charge in [0.2, 0.25) is 11.8 Å². The Labute approximate surface area is 265 Å². The summed E-state index contributed by atoms with van der Waals surface area (Å²) in [6.45, 7) is 13.9. The fraction of sp³-hybridized carbons (Fsp3) is 0.677. The molecule has 1 aliphatic heterocycles. The van der Waals surface area contributed by atoms with Crippen molar-refractivity contribution in [2.24, 2.45) is 0 Å². The normalized spacial score (nSPS) is 17.2. The van der Waals surface area contributed by atoms with Gasteiger partial charge in [-0.1, -0.05) is 6.07 Å². The molecule has 1 aromatic rings. The average molecular weight is 640 g/mol. The number of nitrogens with one attached hydrogen (secondary N) is 3. The highest BCUT2D eigenvalue weighted by Crippen LogP contribution is 2.30. The van der Waals surface area contributed by atoms with E-state index in [-0.39, 0.29) is 19.6 Å². The standard InChI is InChI=1S/C31H49N3O11/c1-21(25(35)39-8)32-27(37)31(7,33-26(36)30(5,6)34-28(38)45-29(2,3)4)20-22-9-10-23-24(19-22)44-18-16-42-14-12-40-11-13-41-15-17-43-23/h9-10,19,21H,11-18,20H2,1-8H3,(H,32,37)(H,33,36)(H,34,38)/t21-,31-/m0/s1. The van der Waals surface area contributed by atoms with Crippen molar-refractivity contribution < 1.29 is 52.3 Å². The Morgan fingerprint density at radius 2 is 1.31 bits per heavy atom. The molecular formula is C31H49N3O11. The van der Waals surface area contributed by atoms with E-state index in [9.17, 15) is 19.2 Å². The summed E-state index contributed by atoms with van der Waals surface area (Å²) in [5, 5.41) is 7.93. The van der Waals surface area contributed by atoms with Crippen LogP contribution >= 0.6 is 0 Å². The molecule has 0 spiro atoms. The average Bonchev–Trinajstić information content (AvgIpc) is 2.94. The maximum absolute atomic E-state index is 13.7. The van der Waals surface area contributed by atoms with Crippen LogP contribution in [0.2, 0.25) is 0 Å². The quantitative estimate of drug-likeness (QED) is 0.355. The molecular weight excluding hydrogens is 590 g/mol. The lowest BCUT2D eigenvalue weighted by molar-refractivity contribution is -0.145. The van der Waals surface area contributed by atoms with Gasteiger partial charge in [-0.25, -0.2) is 9.59 Å². The Hall–Kier alpha value is -3.62. The zero-order valence-electron chi connectivity index (χ0n) is 27.7. The summed E-state index contributed by atoms with van der Waals surface area (Å²) in [4.78, 5) is 51.8. The topological polar surface area (TPSA) is 169 Å². The van der Waals surface area contributed by atoms with Crippen molar-refractivity contribution in [2.75, 3.05) is 60.0 Å². The Kier molecular flexibility index (Phi) is 14.3. The van der Waals surface area contributed by atoms with Crippen LogP contribution in [0.25, 0.3) is 0 Å². The Bertz CT molecular complexity index is 1150. The summed E-state index contributed by atoms with van der Waals surface area (Å²) in [5.41, 5.74) is -3.24. The van der Waals surface area contributed by atoms with E-state index in [4.69, 9.17) is 33.2 Å². The van der Waals surface area contributed by atoms with E-state index in [2.05, 4.69) is 16.0 Å². The zero-order valence-corrected chi connectivity index (χ0v) is 27.7. The number of methoxy groups -OCH3 is 1. The van der Waals surface area contributed by atoms with Gasteiger partial charge >= 0.3 is 12.1 Å². The number of rotatable bonds is 8. The molecule has 1 aliphatic rings. The molecule has 0 radical (unpaired) electrons. The second-order valence-electron chi connectivity index (χ2n) is 12.2. The second kappa shape index (κ2) is 17.2. The highest BCUT2D eigenvalue weighted by atomic mass is 16.6. The van der Waals surface area contributed by atoms with Gasteiger partial charge in [0.1, 0.15) is 35.9 Å². The van der Waals surface area contributed by atoms with Crippen molar-refractivity contribution in [3.8, 4) is 11.5 Å². The van der Waals surface area contributed by atoms with Crippen LogP contribution < -0.4 is 25.4 Å². The number of esters is 1. The molecule has 14 heteroatoms. The minimum absolute atomic E-state index is 0.0193. The molecule has 45 heavy (non-hydrogen) atoms. The first-order valence-electron chi connectivity index (χ1n) is 14.9. The van der Waals surface area contributed by atoms with Crippen LogP contribution in [0.5, 0.6) is 11.5 Å². The number of carbonyl (C=O) groups is 4. The van der Waals surface area contributed by atoms with Gasteiger partial charge in [-0.2, -0.15) is 0 Å². The Morgan fingerprint density at radius 1 is 0.778 bits per heavy atom. The van der Waals surface area contributed by atoms with Gasteiger partial charge in [0.15, 0.2) is 11.5 Å². The summed E-state index contributed by atoms with van der Waals surface area (Å²) >= 11 is 0. The van der Waals surface area contributed by atoms with E-state index >= 15 is 0 Å². The highest BCUT2D eigenvalue weighted by Gasteiger charge is 2.41. The molecule has 3 N–H and O–H groups in total. The number of alkyl carbamates (subject to hydrolysis) is 1. The van der Waals surface area contributed by atoms with Crippen molar-refractivity contribution in [1.29, 1.82) is 0 Å². The number of amides is 3. The molecule has 2 atom stereocenters. The minimum Gasteiger partial charge on any atom is -0.487 e. The maximum Gasteiger partial charge on any atom is 0.408 e. The lowest BCUT2D eigenvalue weighted by atomic mass is 9.89. The molecule has 3 amide bonds. The van der Waals surface area contributed by atoms with Crippen LogP contribution in [0, 0.1) is 0 Å². The fourth-order valence-electron chi connectivity index (χ4n) is 4.06. The first kappa shape index (κ1) is 37.6. The minimum atomic E-state index is -1.60. The van der Waals surface area contributed by atoms with Crippen LogP contribution in [-0.4, -0.2) is 107 Å². The van der Waals surface area contributed by atoms with E-state index in [0.29, 0.717) is 56.7 Å². The number of fused-ring (bicyclic) bond motifs is 1. The van der Waals surface area contributed by atoms with E-state index in [1.54, 1.807) is 39.0 Å². The van der Waals surface area contributed by atoms with Crippen LogP contribution in [0.1, 0.15) is 54.0 Å². The number of hydrogen-bond donors (Lipinski definition) is 3. The lowest BCUT2D eigenvalue weighted by Crippen LogP contribution is -2.65. The van der Waals surface area contributed by atoms with Crippen molar-refractivity contribution in [1.82, 2.24) is 16.0 Å². The van der Waals surface area contributed by atoms with Crippen molar-refractivity contribution in [3.05, 3.63) is 23.8 Å². The molecule has 0 aromatic heterocycles. The first-order valence-corrected chi connectivity index (χ1v) is 14.9. The van der Waals surface area contributed by atoms with E-state index in [1.165, 1.54) is 34.8 Å². The molecule has 0 unspecified atom stereocenters. The first-order chi connectivity index (χ1) is 21.1. The summed E-state index contributed by atoms with van der Waals surface area (Å²) in [7, 11) is 1.21. The monoisotopic (exact) mass is 639 g/mol. The van der Waals surface area contributed by atoms with Crippen LogP contribution in [0.4, 0.5) is 4.79 Å². The van der Waals surface area contributed by atoms with E-state index < -0.39 is 46.6 Å². The Balaban J connectivity index is 2.34. The smallest absolute Gasteiger partial charge is 0.408 e. The summed E-state index contributed by atoms with van der Waals surface area (Å²) in [6.07, 6.45) is -0.816. The molecule has 0 saturated heterocycles. The van der Waals surface area contributed by atoms with Gasteiger partial charge in [0.05, 0.1) is 46.8 Å². The van der Waals surface area contributed by atoms with Gasteiger partial charge in [-0.05, 0) is 66.2 Å². The van der Waals surface area contributed by atoms with Crippen molar-refractivity contribution >= 4 is 23.9 Å². The summed E-state index contributed by atoms with van der Waals surface area (Å²) < 4.78 is 38.4. The second-order valence-corrected chi connectivity index (χ2v) is 12.2. The molecule has 0 fully saturated rings. The summed E-state index contributed by atoms with van der Waals surface area (Å²) in [6, 6.07) is 4.17. The Morgan fingerprint density at radius 3 is 1.84 bits per heavy atom. The molecule has 0 aliphatic carbocycles. The van der Waals surface area contributed by atoms with Gasteiger partial charge in [-0.15, -0.1) is 0 Å². The molecule has 0 saturated carbocycles. The number of ether oxygens (including phenoxy) is 7. The van der Waals surface area contributed by atoms with Crippen molar-refractivity contribution in [2.45, 2.75) is 77.6 Å². The van der Waals surface area contributed by atoms with Gasteiger partial charge in [0, 0.05) is 6.42 Å². The number of benzene rings is 1. The predicted octanol–water partition coefficient (Wildman–Crippen LogP) is 1.91. The van der Waals surface area contributed by atoms with Crippen LogP contribution in [0.15, 0.2) is 18.2 Å². The molecule has 254 valence electrons. The van der Waals surface area contributed by atoms with Gasteiger partial charge in [0.25, 0.3) is 0 Å². The molecule has 1 aromatic carbocycles.